The van der Waals surface area contributed by atoms with E-state index in [0.29, 0.717) is 22.3 Å². The number of carbonyl (C=O) groups is 1. The number of thiazole rings is 1. The lowest BCUT2D eigenvalue weighted by Crippen LogP contribution is -2.17. The minimum Gasteiger partial charge on any atom is -0.323 e. The molecule has 2 aromatic rings. The summed E-state index contributed by atoms with van der Waals surface area (Å²) in [5, 5.41) is 5.38. The molecule has 2 aromatic heterocycles. The number of hydrogen-bond acceptors (Lipinski definition) is 6. The molecule has 98 valence electrons. The molecule has 1 amide bonds. The molecule has 1 aliphatic carbocycles. The van der Waals surface area contributed by atoms with Gasteiger partial charge in [-0.15, -0.1) is 11.3 Å². The number of nitrogens with two attached hydrogens (primary N) is 1. The molecule has 1 aliphatic rings. The molecule has 3 rings (SSSR count). The molecule has 1 fully saturated rings. The third-order valence-electron chi connectivity index (χ3n) is 2.96. The van der Waals surface area contributed by atoms with Crippen molar-refractivity contribution in [1.29, 1.82) is 0 Å². The van der Waals surface area contributed by atoms with E-state index in [0.717, 1.165) is 5.69 Å². The predicted molar refractivity (Wildman–Crippen MR) is 74.1 cm³/mol. The molecule has 0 atom stereocenters. The van der Waals surface area contributed by atoms with Crippen LogP contribution in [0.1, 0.15) is 34.8 Å². The van der Waals surface area contributed by atoms with Gasteiger partial charge in [0.2, 0.25) is 0 Å². The second-order valence-electron chi connectivity index (χ2n) is 4.37. The summed E-state index contributed by atoms with van der Waals surface area (Å²) in [5.74, 6) is 5.68. The van der Waals surface area contributed by atoms with Crippen molar-refractivity contribution in [2.75, 3.05) is 10.7 Å². The topological polar surface area (TPSA) is 92.9 Å². The van der Waals surface area contributed by atoms with Crippen molar-refractivity contribution >= 4 is 28.1 Å². The minimum absolute atomic E-state index is 0.266. The van der Waals surface area contributed by atoms with Crippen LogP contribution in [-0.2, 0) is 0 Å². The predicted octanol–water partition coefficient (Wildman–Crippen LogP) is 1.95. The largest absolute Gasteiger partial charge is 0.323 e. The lowest BCUT2D eigenvalue weighted by molar-refractivity contribution is 0.102. The smallest absolute Gasteiger partial charge is 0.261 e. The van der Waals surface area contributed by atoms with Gasteiger partial charge < -0.3 is 5.43 Å². The molecule has 0 saturated heterocycles. The van der Waals surface area contributed by atoms with E-state index in [1.165, 1.54) is 30.4 Å². The normalized spacial score (nSPS) is 14.2. The zero-order valence-electron chi connectivity index (χ0n) is 10.1. The monoisotopic (exact) mass is 275 g/mol. The van der Waals surface area contributed by atoms with Gasteiger partial charge in [0.1, 0.15) is 0 Å². The van der Waals surface area contributed by atoms with E-state index in [2.05, 4.69) is 20.7 Å². The molecular formula is C12H13N5OS. The number of anilines is 2. The van der Waals surface area contributed by atoms with Crippen LogP contribution in [0.25, 0.3) is 0 Å². The molecule has 0 bridgehead atoms. The van der Waals surface area contributed by atoms with Crippen LogP contribution in [0, 0.1) is 0 Å². The summed E-state index contributed by atoms with van der Waals surface area (Å²) in [4.78, 5) is 20.4. The second kappa shape index (κ2) is 4.94. The molecule has 4 N–H and O–H groups in total. The Morgan fingerprint density at radius 1 is 1.47 bits per heavy atom. The molecule has 6 nitrogen and oxygen atoms in total. The van der Waals surface area contributed by atoms with Gasteiger partial charge in [-0.25, -0.2) is 4.98 Å². The van der Waals surface area contributed by atoms with Crippen LogP contribution >= 0.6 is 11.3 Å². The fraction of sp³-hybridized carbons (Fsp3) is 0.250. The van der Waals surface area contributed by atoms with E-state index in [4.69, 9.17) is 5.84 Å². The van der Waals surface area contributed by atoms with Gasteiger partial charge in [-0.1, -0.05) is 0 Å². The molecule has 0 unspecified atom stereocenters. The molecule has 7 heteroatoms. The number of rotatable bonds is 4. The molecule has 1 saturated carbocycles. The molecular weight excluding hydrogens is 262 g/mol. The highest BCUT2D eigenvalue weighted by Crippen LogP contribution is 2.40. The third kappa shape index (κ3) is 2.56. The quantitative estimate of drug-likeness (QED) is 0.586. The molecule has 0 aliphatic heterocycles. The number of nitrogen functional groups attached to an aromatic ring is 1. The van der Waals surface area contributed by atoms with Crippen LogP contribution in [0.4, 0.5) is 10.8 Å². The first-order valence-electron chi connectivity index (χ1n) is 5.95. The lowest BCUT2D eigenvalue weighted by atomic mass is 10.2. The van der Waals surface area contributed by atoms with Crippen molar-refractivity contribution in [2.24, 2.45) is 5.84 Å². The first-order chi connectivity index (χ1) is 9.28. The zero-order valence-corrected chi connectivity index (χ0v) is 10.9. The van der Waals surface area contributed by atoms with Crippen LogP contribution in [0.15, 0.2) is 23.8 Å². The van der Waals surface area contributed by atoms with E-state index in [9.17, 15) is 4.79 Å². The summed E-state index contributed by atoms with van der Waals surface area (Å²) in [6.07, 6.45) is 5.43. The molecule has 2 heterocycles. The average molecular weight is 275 g/mol. The summed E-state index contributed by atoms with van der Waals surface area (Å²) in [7, 11) is 0. The van der Waals surface area contributed by atoms with Gasteiger partial charge in [0.25, 0.3) is 5.91 Å². The molecule has 0 radical (unpaired) electrons. The van der Waals surface area contributed by atoms with E-state index < -0.39 is 0 Å². The minimum atomic E-state index is -0.266. The molecule has 19 heavy (non-hydrogen) atoms. The first-order valence-corrected chi connectivity index (χ1v) is 6.83. The summed E-state index contributed by atoms with van der Waals surface area (Å²) in [5.41, 5.74) is 4.48. The van der Waals surface area contributed by atoms with Gasteiger partial charge >= 0.3 is 0 Å². The highest BCUT2D eigenvalue weighted by molar-refractivity contribution is 7.14. The van der Waals surface area contributed by atoms with Crippen LogP contribution in [-0.4, -0.2) is 15.9 Å². The first kappa shape index (κ1) is 12.1. The Labute approximate surface area is 114 Å². The fourth-order valence-electron chi connectivity index (χ4n) is 1.78. The number of nitrogens with zero attached hydrogens (tertiary/aromatic N) is 2. The summed E-state index contributed by atoms with van der Waals surface area (Å²) in [6.45, 7) is 0. The highest BCUT2D eigenvalue weighted by atomic mass is 32.1. The molecule has 0 spiro atoms. The zero-order chi connectivity index (χ0) is 13.2. The van der Waals surface area contributed by atoms with Crippen LogP contribution in [0.5, 0.6) is 0 Å². The Kier molecular flexibility index (Phi) is 3.14. The maximum Gasteiger partial charge on any atom is 0.261 e. The van der Waals surface area contributed by atoms with E-state index in [1.807, 2.05) is 5.38 Å². The third-order valence-corrected chi connectivity index (χ3v) is 3.74. The van der Waals surface area contributed by atoms with Gasteiger partial charge in [-0.3, -0.25) is 20.9 Å². The standard InChI is InChI=1S/C12H13N5OS/c13-17-9-3-4-14-5-8(9)11(18)16-12-15-10(6-19-12)7-1-2-7/h3-7H,1-2,13H2,(H,14,17)(H,15,16,18). The summed E-state index contributed by atoms with van der Waals surface area (Å²) in [6, 6.07) is 1.65. The second-order valence-corrected chi connectivity index (χ2v) is 5.23. The van der Waals surface area contributed by atoms with E-state index >= 15 is 0 Å². The number of nitrogens with one attached hydrogen (secondary N) is 2. The van der Waals surface area contributed by atoms with Crippen LogP contribution < -0.4 is 16.6 Å². The fourth-order valence-corrected chi connectivity index (χ4v) is 2.56. The van der Waals surface area contributed by atoms with Crippen molar-refractivity contribution < 1.29 is 4.79 Å². The van der Waals surface area contributed by atoms with Gasteiger partial charge in [0.05, 0.1) is 16.9 Å². The van der Waals surface area contributed by atoms with Gasteiger partial charge in [0.15, 0.2) is 5.13 Å². The van der Waals surface area contributed by atoms with Crippen molar-refractivity contribution in [3.05, 3.63) is 35.1 Å². The lowest BCUT2D eigenvalue weighted by Gasteiger charge is -2.06. The summed E-state index contributed by atoms with van der Waals surface area (Å²) < 4.78 is 0. The number of pyridine rings is 1. The van der Waals surface area contributed by atoms with Crippen molar-refractivity contribution in [3.63, 3.8) is 0 Å². The number of hydrogen-bond donors (Lipinski definition) is 3. The Morgan fingerprint density at radius 2 is 2.32 bits per heavy atom. The summed E-state index contributed by atoms with van der Waals surface area (Å²) >= 11 is 1.44. The highest BCUT2D eigenvalue weighted by Gasteiger charge is 2.26. The van der Waals surface area contributed by atoms with Gasteiger partial charge in [-0.2, -0.15) is 0 Å². The number of aromatic nitrogens is 2. The Morgan fingerprint density at radius 3 is 3.05 bits per heavy atom. The van der Waals surface area contributed by atoms with Crippen LogP contribution in [0.3, 0.4) is 0 Å². The number of carbonyl (C=O) groups excluding carboxylic acids is 1. The van der Waals surface area contributed by atoms with E-state index in [-0.39, 0.29) is 5.91 Å². The Hall–Kier alpha value is -1.99. The SMILES string of the molecule is NNc1ccncc1C(=O)Nc1nc(C2CC2)cs1. The Balaban J connectivity index is 1.76. The number of hydrazine groups is 1. The van der Waals surface area contributed by atoms with Crippen molar-refractivity contribution in [2.45, 2.75) is 18.8 Å². The molecule has 0 aromatic carbocycles. The Bertz CT molecular complexity index is 608. The maximum atomic E-state index is 12.1. The number of amides is 1. The van der Waals surface area contributed by atoms with Crippen LogP contribution in [0.2, 0.25) is 0 Å². The van der Waals surface area contributed by atoms with E-state index in [1.54, 1.807) is 12.3 Å². The van der Waals surface area contributed by atoms with Crippen molar-refractivity contribution in [3.8, 4) is 0 Å². The van der Waals surface area contributed by atoms with Gasteiger partial charge in [0, 0.05) is 23.7 Å². The van der Waals surface area contributed by atoms with Crippen molar-refractivity contribution in [1.82, 2.24) is 9.97 Å². The maximum absolute atomic E-state index is 12.1. The van der Waals surface area contributed by atoms with Gasteiger partial charge in [-0.05, 0) is 18.9 Å². The average Bonchev–Trinajstić information content (AvgIpc) is 3.19.